The largest absolute Gasteiger partial charge is 0.379 e. The molecule has 0 aromatic heterocycles. The average molecular weight is 345 g/mol. The van der Waals surface area contributed by atoms with Crippen molar-refractivity contribution in [3.05, 3.63) is 35.9 Å². The van der Waals surface area contributed by atoms with Gasteiger partial charge in [0.05, 0.1) is 6.54 Å². The molecule has 2 aliphatic rings. The van der Waals surface area contributed by atoms with Crippen LogP contribution in [0.25, 0.3) is 0 Å². The molecule has 0 unspecified atom stereocenters. The minimum absolute atomic E-state index is 0.0368. The Morgan fingerprint density at radius 1 is 1.12 bits per heavy atom. The quantitative estimate of drug-likeness (QED) is 0.811. The van der Waals surface area contributed by atoms with Gasteiger partial charge in [0.25, 0.3) is 5.91 Å². The number of hydrogen-bond acceptors (Lipinski definition) is 4. The molecule has 0 radical (unpaired) electrons. The Bertz CT molecular complexity index is 607. The maximum atomic E-state index is 12.9. The number of nitrogens with zero attached hydrogens (tertiary/aromatic N) is 2. The molecule has 25 heavy (non-hydrogen) atoms. The fourth-order valence-electron chi connectivity index (χ4n) is 3.71. The third-order valence-corrected chi connectivity index (χ3v) is 5.04. The number of likely N-dealkylation sites (tertiary alicyclic amines) is 1. The minimum atomic E-state index is -1.38. The minimum Gasteiger partial charge on any atom is -0.379 e. The van der Waals surface area contributed by atoms with Gasteiger partial charge in [-0.25, -0.2) is 0 Å². The van der Waals surface area contributed by atoms with Gasteiger partial charge in [0, 0.05) is 32.7 Å². The van der Waals surface area contributed by atoms with Crippen LogP contribution in [0, 0.1) is 0 Å². The summed E-state index contributed by atoms with van der Waals surface area (Å²) in [5.74, 6) is -0.232. The number of hydrogen-bond donors (Lipinski definition) is 2. The first-order chi connectivity index (χ1) is 12.1. The molecule has 136 valence electrons. The van der Waals surface area contributed by atoms with Crippen LogP contribution < -0.4 is 5.32 Å². The van der Waals surface area contributed by atoms with Crippen molar-refractivity contribution in [2.75, 3.05) is 39.3 Å². The highest BCUT2D eigenvalue weighted by molar-refractivity contribution is 5.86. The molecule has 2 amide bonds. The molecular weight excluding hydrogens is 318 g/mol. The lowest BCUT2D eigenvalue weighted by atomic mass is 9.90. The number of β-amino-alcohol motifs (C(OH)–C–C–N with tert-alkyl or cyclic N) is 1. The topological polar surface area (TPSA) is 72.9 Å². The molecule has 0 aliphatic carbocycles. The van der Waals surface area contributed by atoms with E-state index in [0.29, 0.717) is 26.1 Å². The number of carbonyl (C=O) groups is 2. The van der Waals surface area contributed by atoms with E-state index in [2.05, 4.69) is 17.4 Å². The summed E-state index contributed by atoms with van der Waals surface area (Å²) in [7, 11) is 0. The van der Waals surface area contributed by atoms with Gasteiger partial charge < -0.3 is 15.3 Å². The lowest BCUT2D eigenvalue weighted by molar-refractivity contribution is -0.159. The second-order valence-corrected chi connectivity index (χ2v) is 7.08. The molecule has 2 fully saturated rings. The van der Waals surface area contributed by atoms with Crippen LogP contribution in [-0.4, -0.2) is 71.6 Å². The molecule has 0 bridgehead atoms. The summed E-state index contributed by atoms with van der Waals surface area (Å²) in [6.07, 6.45) is 2.88. The number of piperidine rings is 1. The van der Waals surface area contributed by atoms with E-state index in [1.807, 2.05) is 23.1 Å². The van der Waals surface area contributed by atoms with Gasteiger partial charge >= 0.3 is 0 Å². The maximum Gasteiger partial charge on any atom is 0.255 e. The molecule has 1 atom stereocenters. The van der Waals surface area contributed by atoms with Gasteiger partial charge in [-0.3, -0.25) is 14.5 Å². The van der Waals surface area contributed by atoms with Crippen molar-refractivity contribution in [3.63, 3.8) is 0 Å². The first-order valence-electron chi connectivity index (χ1n) is 9.12. The lowest BCUT2D eigenvalue weighted by Crippen LogP contribution is -2.59. The number of carbonyl (C=O) groups excluding carboxylic acids is 2. The van der Waals surface area contributed by atoms with E-state index >= 15 is 0 Å². The zero-order valence-corrected chi connectivity index (χ0v) is 14.6. The highest BCUT2D eigenvalue weighted by Gasteiger charge is 2.43. The van der Waals surface area contributed by atoms with Crippen molar-refractivity contribution < 1.29 is 14.7 Å². The molecule has 2 N–H and O–H groups in total. The molecular formula is C19H27N3O3. The number of amides is 2. The van der Waals surface area contributed by atoms with Crippen molar-refractivity contribution in [2.45, 2.75) is 31.3 Å². The molecule has 3 rings (SSSR count). The summed E-state index contributed by atoms with van der Waals surface area (Å²) in [6, 6.07) is 10.1. The van der Waals surface area contributed by atoms with Crippen molar-refractivity contribution in [1.29, 1.82) is 0 Å². The number of rotatable bonds is 5. The smallest absolute Gasteiger partial charge is 0.255 e. The zero-order chi connectivity index (χ0) is 17.7. The third kappa shape index (κ3) is 4.58. The highest BCUT2D eigenvalue weighted by atomic mass is 16.3. The Kier molecular flexibility index (Phi) is 5.71. The predicted molar refractivity (Wildman–Crippen MR) is 95.0 cm³/mol. The molecule has 1 aromatic carbocycles. The molecule has 6 heteroatoms. The van der Waals surface area contributed by atoms with E-state index in [1.165, 1.54) is 5.56 Å². The fraction of sp³-hybridized carbons (Fsp3) is 0.579. The predicted octanol–water partition coefficient (Wildman–Crippen LogP) is 0.405. The molecule has 6 nitrogen and oxygen atoms in total. The van der Waals surface area contributed by atoms with Crippen molar-refractivity contribution in [3.8, 4) is 0 Å². The number of aliphatic hydroxyl groups is 1. The van der Waals surface area contributed by atoms with Gasteiger partial charge in [-0.15, -0.1) is 0 Å². The van der Waals surface area contributed by atoms with Crippen LogP contribution in [0.15, 0.2) is 30.3 Å². The van der Waals surface area contributed by atoms with Crippen molar-refractivity contribution >= 4 is 11.8 Å². The SMILES string of the molecule is O=C1CN(C[C@]2(O)CCCN(CCc3ccccc3)C2=O)CCCN1. The van der Waals surface area contributed by atoms with E-state index in [1.54, 1.807) is 4.90 Å². The maximum absolute atomic E-state index is 12.9. The van der Waals surface area contributed by atoms with E-state index in [0.717, 1.165) is 25.8 Å². The summed E-state index contributed by atoms with van der Waals surface area (Å²) in [6.45, 7) is 3.17. The van der Waals surface area contributed by atoms with Gasteiger partial charge in [0.1, 0.15) is 0 Å². The van der Waals surface area contributed by atoms with Crippen LogP contribution in [0.4, 0.5) is 0 Å². The molecule has 0 saturated carbocycles. The van der Waals surface area contributed by atoms with E-state index in [9.17, 15) is 14.7 Å². The normalized spacial score (nSPS) is 25.6. The van der Waals surface area contributed by atoms with Gasteiger partial charge in [-0.1, -0.05) is 30.3 Å². The average Bonchev–Trinajstić information content (AvgIpc) is 2.81. The van der Waals surface area contributed by atoms with Crippen molar-refractivity contribution in [1.82, 2.24) is 15.1 Å². The Labute approximate surface area is 148 Å². The molecule has 0 spiro atoms. The Morgan fingerprint density at radius 2 is 1.92 bits per heavy atom. The standard InChI is InChI=1S/C19H27N3O3/c23-17-14-21(11-5-10-20-17)15-19(25)9-4-12-22(18(19)24)13-8-16-6-2-1-3-7-16/h1-3,6-7,25H,4-5,8-15H2,(H,20,23)/t19-/m1/s1. The van der Waals surface area contributed by atoms with Gasteiger partial charge in [0.2, 0.25) is 5.91 Å². The molecule has 2 heterocycles. The van der Waals surface area contributed by atoms with Gasteiger partial charge in [-0.2, -0.15) is 0 Å². The van der Waals surface area contributed by atoms with Gasteiger partial charge in [0.15, 0.2) is 5.60 Å². The summed E-state index contributed by atoms with van der Waals surface area (Å²) >= 11 is 0. The fourth-order valence-corrected chi connectivity index (χ4v) is 3.71. The Morgan fingerprint density at radius 3 is 2.72 bits per heavy atom. The second kappa shape index (κ2) is 7.97. The van der Waals surface area contributed by atoms with Crippen LogP contribution >= 0.6 is 0 Å². The number of nitrogens with one attached hydrogen (secondary N) is 1. The summed E-state index contributed by atoms with van der Waals surface area (Å²) < 4.78 is 0. The monoisotopic (exact) mass is 345 g/mol. The van der Waals surface area contributed by atoms with Crippen LogP contribution in [0.2, 0.25) is 0 Å². The zero-order valence-electron chi connectivity index (χ0n) is 14.6. The molecule has 2 aliphatic heterocycles. The lowest BCUT2D eigenvalue weighted by Gasteiger charge is -2.40. The number of benzene rings is 1. The van der Waals surface area contributed by atoms with Crippen LogP contribution in [0.3, 0.4) is 0 Å². The van der Waals surface area contributed by atoms with E-state index in [-0.39, 0.29) is 24.9 Å². The van der Waals surface area contributed by atoms with Crippen molar-refractivity contribution in [2.24, 2.45) is 0 Å². The highest BCUT2D eigenvalue weighted by Crippen LogP contribution is 2.24. The third-order valence-electron chi connectivity index (χ3n) is 5.04. The van der Waals surface area contributed by atoms with Gasteiger partial charge in [-0.05, 0) is 31.2 Å². The molecule has 1 aromatic rings. The van der Waals surface area contributed by atoms with Crippen LogP contribution in [0.5, 0.6) is 0 Å². The Balaban J connectivity index is 1.60. The first-order valence-corrected chi connectivity index (χ1v) is 9.12. The summed E-state index contributed by atoms with van der Waals surface area (Å²) in [5.41, 5.74) is -0.187. The summed E-state index contributed by atoms with van der Waals surface area (Å²) in [5, 5.41) is 13.8. The first kappa shape index (κ1) is 17.9. The van der Waals surface area contributed by atoms with Crippen LogP contribution in [-0.2, 0) is 16.0 Å². The van der Waals surface area contributed by atoms with E-state index < -0.39 is 5.60 Å². The van der Waals surface area contributed by atoms with E-state index in [4.69, 9.17) is 0 Å². The Hall–Kier alpha value is -1.92. The second-order valence-electron chi connectivity index (χ2n) is 7.08. The van der Waals surface area contributed by atoms with Crippen LogP contribution in [0.1, 0.15) is 24.8 Å². The summed E-state index contributed by atoms with van der Waals surface area (Å²) in [4.78, 5) is 28.2. The molecule has 2 saturated heterocycles.